The molecule has 3 rings (SSSR count). The minimum absolute atomic E-state index is 0.0948. The Balaban J connectivity index is 1.58. The molecule has 0 radical (unpaired) electrons. The number of carbonyl (C=O) groups excluding carboxylic acids is 1. The summed E-state index contributed by atoms with van der Waals surface area (Å²) in [5, 5.41) is 8.13. The number of amides is 1. The monoisotopic (exact) mass is 249 g/mol. The summed E-state index contributed by atoms with van der Waals surface area (Å²) >= 11 is 0. The number of carbonyl (C=O) groups is 1. The van der Waals surface area contributed by atoms with E-state index in [1.165, 1.54) is 12.8 Å². The molecule has 0 unspecified atom stereocenters. The van der Waals surface area contributed by atoms with Gasteiger partial charge in [0.25, 0.3) is 0 Å². The molecule has 1 aromatic heterocycles. The van der Waals surface area contributed by atoms with Gasteiger partial charge in [-0.05, 0) is 25.7 Å². The zero-order valence-corrected chi connectivity index (χ0v) is 10.5. The Morgan fingerprint density at radius 3 is 3.00 bits per heavy atom. The highest BCUT2D eigenvalue weighted by molar-refractivity contribution is 5.76. The second kappa shape index (κ2) is 4.68. The van der Waals surface area contributed by atoms with Gasteiger partial charge in [-0.1, -0.05) is 5.21 Å². The Morgan fingerprint density at radius 1 is 1.44 bits per heavy atom. The fraction of sp³-hybridized carbons (Fsp3) is 0.750. The molecule has 1 saturated heterocycles. The quantitative estimate of drug-likeness (QED) is 0.824. The van der Waals surface area contributed by atoms with Crippen molar-refractivity contribution < 1.29 is 4.79 Å². The summed E-state index contributed by atoms with van der Waals surface area (Å²) in [5.74, 6) is 0.676. The molecule has 1 amide bonds. The van der Waals surface area contributed by atoms with Crippen LogP contribution in [0.25, 0.3) is 0 Å². The molecule has 6 nitrogen and oxygen atoms in total. The number of nitrogens with two attached hydrogens (primary N) is 1. The summed E-state index contributed by atoms with van der Waals surface area (Å²) in [6, 6.07) is 0.125. The third kappa shape index (κ3) is 2.53. The van der Waals surface area contributed by atoms with E-state index in [1.807, 2.05) is 11.1 Å². The highest BCUT2D eigenvalue weighted by Gasteiger charge is 2.27. The lowest BCUT2D eigenvalue weighted by Crippen LogP contribution is -2.46. The molecular weight excluding hydrogens is 230 g/mol. The summed E-state index contributed by atoms with van der Waals surface area (Å²) in [5.41, 5.74) is 6.91. The van der Waals surface area contributed by atoms with Crippen LogP contribution in [0, 0.1) is 0 Å². The summed E-state index contributed by atoms with van der Waals surface area (Å²) in [6.45, 7) is 1.77. The minimum Gasteiger partial charge on any atom is -0.340 e. The minimum atomic E-state index is 0.0948. The molecule has 0 aromatic carbocycles. The number of aromatic nitrogens is 3. The Hall–Kier alpha value is -1.43. The van der Waals surface area contributed by atoms with Crippen LogP contribution in [0.5, 0.6) is 0 Å². The standard InChI is InChI=1S/C12H19N5O/c13-10-2-1-5-16(6-10)12(18)8-17-7-11(14-15-17)9-3-4-9/h7,9-10H,1-6,8,13H2/t10-/m1/s1. The summed E-state index contributed by atoms with van der Waals surface area (Å²) < 4.78 is 1.65. The van der Waals surface area contributed by atoms with Crippen LogP contribution >= 0.6 is 0 Å². The van der Waals surface area contributed by atoms with Crippen LogP contribution < -0.4 is 5.73 Å². The van der Waals surface area contributed by atoms with E-state index in [0.29, 0.717) is 12.5 Å². The number of likely N-dealkylation sites (tertiary alicyclic amines) is 1. The van der Waals surface area contributed by atoms with E-state index in [2.05, 4.69) is 10.3 Å². The number of hydrogen-bond acceptors (Lipinski definition) is 4. The van der Waals surface area contributed by atoms with Gasteiger partial charge in [-0.3, -0.25) is 4.79 Å². The van der Waals surface area contributed by atoms with Gasteiger partial charge in [0.1, 0.15) is 6.54 Å². The molecule has 2 aliphatic rings. The topological polar surface area (TPSA) is 77.0 Å². The van der Waals surface area contributed by atoms with Gasteiger partial charge < -0.3 is 10.6 Å². The Labute approximate surface area is 106 Å². The molecule has 1 aliphatic carbocycles. The van der Waals surface area contributed by atoms with Crippen molar-refractivity contribution in [3.63, 3.8) is 0 Å². The van der Waals surface area contributed by atoms with Crippen LogP contribution in [0.1, 0.15) is 37.3 Å². The number of piperidine rings is 1. The zero-order valence-electron chi connectivity index (χ0n) is 10.5. The van der Waals surface area contributed by atoms with Crippen LogP contribution in [-0.4, -0.2) is 44.9 Å². The third-order valence-electron chi connectivity index (χ3n) is 3.66. The number of nitrogens with zero attached hydrogens (tertiary/aromatic N) is 4. The van der Waals surface area contributed by atoms with Gasteiger partial charge in [0.05, 0.1) is 5.69 Å². The second-order valence-electron chi connectivity index (χ2n) is 5.36. The lowest BCUT2D eigenvalue weighted by molar-refractivity contribution is -0.133. The highest BCUT2D eigenvalue weighted by Crippen LogP contribution is 2.38. The molecule has 2 fully saturated rings. The lowest BCUT2D eigenvalue weighted by Gasteiger charge is -2.30. The maximum absolute atomic E-state index is 12.1. The molecule has 2 heterocycles. The first-order chi connectivity index (χ1) is 8.72. The van der Waals surface area contributed by atoms with E-state index >= 15 is 0 Å². The highest BCUT2D eigenvalue weighted by atomic mass is 16.2. The molecule has 0 spiro atoms. The summed E-state index contributed by atoms with van der Waals surface area (Å²) in [7, 11) is 0. The largest absolute Gasteiger partial charge is 0.340 e. The molecule has 2 N–H and O–H groups in total. The van der Waals surface area contributed by atoms with Crippen molar-refractivity contribution in [1.29, 1.82) is 0 Å². The number of rotatable bonds is 3. The first-order valence-electron chi connectivity index (χ1n) is 6.66. The summed E-state index contributed by atoms with van der Waals surface area (Å²) in [6.07, 6.45) is 6.32. The normalized spacial score (nSPS) is 24.3. The average Bonchev–Trinajstić information content (AvgIpc) is 3.11. The predicted octanol–water partition coefficient (Wildman–Crippen LogP) is 0.105. The van der Waals surface area contributed by atoms with Crippen LogP contribution in [0.4, 0.5) is 0 Å². The molecular formula is C12H19N5O. The maximum Gasteiger partial charge on any atom is 0.244 e. The summed E-state index contributed by atoms with van der Waals surface area (Å²) in [4.78, 5) is 13.9. The van der Waals surface area contributed by atoms with E-state index in [1.54, 1.807) is 4.68 Å². The first kappa shape index (κ1) is 11.6. The Bertz CT molecular complexity index is 439. The Morgan fingerprint density at radius 2 is 2.28 bits per heavy atom. The van der Waals surface area contributed by atoms with Gasteiger partial charge >= 0.3 is 0 Å². The SMILES string of the molecule is N[C@@H]1CCCN(C(=O)Cn2cc(C3CC3)nn2)C1. The van der Waals surface area contributed by atoms with E-state index in [0.717, 1.165) is 25.1 Å². The van der Waals surface area contributed by atoms with Crippen molar-refractivity contribution >= 4 is 5.91 Å². The van der Waals surface area contributed by atoms with E-state index in [4.69, 9.17) is 5.73 Å². The second-order valence-corrected chi connectivity index (χ2v) is 5.36. The van der Waals surface area contributed by atoms with Crippen LogP contribution in [0.15, 0.2) is 6.20 Å². The van der Waals surface area contributed by atoms with Gasteiger partial charge in [-0.2, -0.15) is 0 Å². The average molecular weight is 249 g/mol. The first-order valence-corrected chi connectivity index (χ1v) is 6.66. The molecule has 6 heteroatoms. The molecule has 1 saturated carbocycles. The van der Waals surface area contributed by atoms with Crippen molar-refractivity contribution in [2.45, 2.75) is 44.2 Å². The molecule has 1 aromatic rings. The van der Waals surface area contributed by atoms with Gasteiger partial charge in [0.2, 0.25) is 5.91 Å². The van der Waals surface area contributed by atoms with E-state index in [-0.39, 0.29) is 18.5 Å². The smallest absolute Gasteiger partial charge is 0.244 e. The molecule has 98 valence electrons. The van der Waals surface area contributed by atoms with Crippen molar-refractivity contribution in [2.75, 3.05) is 13.1 Å². The molecule has 1 aliphatic heterocycles. The molecule has 0 bridgehead atoms. The van der Waals surface area contributed by atoms with Gasteiger partial charge in [0, 0.05) is 31.2 Å². The van der Waals surface area contributed by atoms with E-state index < -0.39 is 0 Å². The van der Waals surface area contributed by atoms with Gasteiger partial charge in [-0.15, -0.1) is 5.10 Å². The van der Waals surface area contributed by atoms with Crippen molar-refractivity contribution in [1.82, 2.24) is 19.9 Å². The maximum atomic E-state index is 12.1. The Kier molecular flexibility index (Phi) is 3.03. The van der Waals surface area contributed by atoms with Crippen molar-refractivity contribution in [3.05, 3.63) is 11.9 Å². The fourth-order valence-corrected chi connectivity index (χ4v) is 2.43. The predicted molar refractivity (Wildman–Crippen MR) is 65.8 cm³/mol. The van der Waals surface area contributed by atoms with Crippen molar-refractivity contribution in [2.24, 2.45) is 5.73 Å². The number of hydrogen-bond donors (Lipinski definition) is 1. The fourth-order valence-electron chi connectivity index (χ4n) is 2.43. The van der Waals surface area contributed by atoms with Gasteiger partial charge in [-0.25, -0.2) is 4.68 Å². The van der Waals surface area contributed by atoms with Crippen LogP contribution in [0.3, 0.4) is 0 Å². The van der Waals surface area contributed by atoms with Crippen molar-refractivity contribution in [3.8, 4) is 0 Å². The zero-order chi connectivity index (χ0) is 12.5. The van der Waals surface area contributed by atoms with Crippen LogP contribution in [-0.2, 0) is 11.3 Å². The van der Waals surface area contributed by atoms with Gasteiger partial charge in [0.15, 0.2) is 0 Å². The molecule has 18 heavy (non-hydrogen) atoms. The van der Waals surface area contributed by atoms with E-state index in [9.17, 15) is 4.79 Å². The van der Waals surface area contributed by atoms with Crippen LogP contribution in [0.2, 0.25) is 0 Å². The molecule has 1 atom stereocenters. The lowest BCUT2D eigenvalue weighted by atomic mass is 10.1. The third-order valence-corrected chi connectivity index (χ3v) is 3.66.